The molecular formula is C16H23NO2S. The van der Waals surface area contributed by atoms with Crippen LogP contribution in [0.2, 0.25) is 0 Å². The SMILES string of the molecule is Cc1ccccc1CS(=O)(=O)N1CCCC1C1CCC1. The summed E-state index contributed by atoms with van der Waals surface area (Å²) in [4.78, 5) is 0. The average molecular weight is 293 g/mol. The highest BCUT2D eigenvalue weighted by atomic mass is 32.2. The van der Waals surface area contributed by atoms with Gasteiger partial charge in [0, 0.05) is 12.6 Å². The number of aryl methyl sites for hydroxylation is 1. The van der Waals surface area contributed by atoms with Crippen molar-refractivity contribution in [3.05, 3.63) is 35.4 Å². The minimum Gasteiger partial charge on any atom is -0.212 e. The third-order valence-corrected chi connectivity index (χ3v) is 6.74. The molecule has 1 aromatic carbocycles. The monoisotopic (exact) mass is 293 g/mol. The van der Waals surface area contributed by atoms with Crippen LogP contribution in [0, 0.1) is 12.8 Å². The van der Waals surface area contributed by atoms with Crippen molar-refractivity contribution in [2.24, 2.45) is 5.92 Å². The maximum Gasteiger partial charge on any atom is 0.218 e. The van der Waals surface area contributed by atoms with Gasteiger partial charge in [0.2, 0.25) is 10.0 Å². The fraction of sp³-hybridized carbons (Fsp3) is 0.625. The van der Waals surface area contributed by atoms with E-state index >= 15 is 0 Å². The molecule has 110 valence electrons. The highest BCUT2D eigenvalue weighted by Crippen LogP contribution is 2.38. The maximum absolute atomic E-state index is 12.7. The number of rotatable bonds is 4. The Morgan fingerprint density at radius 2 is 1.90 bits per heavy atom. The second kappa shape index (κ2) is 5.49. The van der Waals surface area contributed by atoms with Crippen LogP contribution < -0.4 is 0 Å². The molecule has 4 heteroatoms. The molecule has 0 bridgehead atoms. The Hall–Kier alpha value is -0.870. The molecule has 1 saturated heterocycles. The van der Waals surface area contributed by atoms with Crippen LogP contribution in [-0.2, 0) is 15.8 Å². The number of benzene rings is 1. The topological polar surface area (TPSA) is 37.4 Å². The number of hydrogen-bond acceptors (Lipinski definition) is 2. The molecule has 3 rings (SSSR count). The van der Waals surface area contributed by atoms with Crippen LogP contribution in [0.25, 0.3) is 0 Å². The summed E-state index contributed by atoms with van der Waals surface area (Å²) in [5, 5.41) is 0. The van der Waals surface area contributed by atoms with Gasteiger partial charge in [-0.1, -0.05) is 30.7 Å². The third-order valence-electron chi connectivity index (χ3n) is 4.90. The molecule has 2 fully saturated rings. The van der Waals surface area contributed by atoms with Crippen molar-refractivity contribution >= 4 is 10.0 Å². The van der Waals surface area contributed by atoms with E-state index in [0.717, 1.165) is 30.5 Å². The van der Waals surface area contributed by atoms with Crippen LogP contribution in [0.5, 0.6) is 0 Å². The van der Waals surface area contributed by atoms with Gasteiger partial charge in [0.15, 0.2) is 0 Å². The zero-order valence-corrected chi connectivity index (χ0v) is 12.9. The van der Waals surface area contributed by atoms with Gasteiger partial charge in [0.25, 0.3) is 0 Å². The minimum atomic E-state index is -3.17. The normalized spacial score (nSPS) is 24.8. The van der Waals surface area contributed by atoms with Crippen LogP contribution in [0.1, 0.15) is 43.2 Å². The van der Waals surface area contributed by atoms with Crippen molar-refractivity contribution in [1.29, 1.82) is 0 Å². The molecule has 0 spiro atoms. The summed E-state index contributed by atoms with van der Waals surface area (Å²) < 4.78 is 27.3. The predicted molar refractivity (Wildman–Crippen MR) is 80.9 cm³/mol. The lowest BCUT2D eigenvalue weighted by molar-refractivity contribution is 0.191. The number of nitrogens with zero attached hydrogens (tertiary/aromatic N) is 1. The highest BCUT2D eigenvalue weighted by molar-refractivity contribution is 7.88. The van der Waals surface area contributed by atoms with Crippen LogP contribution >= 0.6 is 0 Å². The van der Waals surface area contributed by atoms with E-state index in [4.69, 9.17) is 0 Å². The van der Waals surface area contributed by atoms with E-state index in [2.05, 4.69) is 0 Å². The van der Waals surface area contributed by atoms with Gasteiger partial charge in [0.05, 0.1) is 5.75 Å². The lowest BCUT2D eigenvalue weighted by Gasteiger charge is -2.36. The molecule has 1 atom stereocenters. The van der Waals surface area contributed by atoms with E-state index in [1.165, 1.54) is 19.3 Å². The van der Waals surface area contributed by atoms with E-state index < -0.39 is 10.0 Å². The van der Waals surface area contributed by atoms with Gasteiger partial charge in [-0.25, -0.2) is 8.42 Å². The molecule has 1 aromatic rings. The standard InChI is InChI=1S/C16H23NO2S/c1-13-6-2-3-7-15(13)12-20(18,19)17-11-5-10-16(17)14-8-4-9-14/h2-3,6-7,14,16H,4-5,8-12H2,1H3. The molecule has 2 aliphatic rings. The van der Waals surface area contributed by atoms with E-state index in [1.807, 2.05) is 35.5 Å². The zero-order valence-electron chi connectivity index (χ0n) is 12.1. The van der Waals surface area contributed by atoms with Gasteiger partial charge < -0.3 is 0 Å². The first-order valence-corrected chi connectivity index (χ1v) is 9.23. The Kier molecular flexibility index (Phi) is 3.87. The van der Waals surface area contributed by atoms with Crippen LogP contribution in [-0.4, -0.2) is 25.3 Å². The Morgan fingerprint density at radius 1 is 1.15 bits per heavy atom. The Labute approximate surface area is 122 Å². The summed E-state index contributed by atoms with van der Waals surface area (Å²) >= 11 is 0. The number of sulfonamides is 1. The van der Waals surface area contributed by atoms with Gasteiger partial charge in [-0.05, 0) is 49.7 Å². The summed E-state index contributed by atoms with van der Waals surface area (Å²) in [5.74, 6) is 0.771. The second-order valence-corrected chi connectivity index (χ2v) is 8.12. The van der Waals surface area contributed by atoms with Gasteiger partial charge in [-0.2, -0.15) is 4.31 Å². The molecule has 1 aliphatic carbocycles. The second-order valence-electron chi connectivity index (χ2n) is 6.19. The van der Waals surface area contributed by atoms with E-state index in [9.17, 15) is 8.42 Å². The lowest BCUT2D eigenvalue weighted by Crippen LogP contribution is -2.42. The average Bonchev–Trinajstić information content (AvgIpc) is 2.79. The fourth-order valence-electron chi connectivity index (χ4n) is 3.46. The van der Waals surface area contributed by atoms with Crippen LogP contribution in [0.3, 0.4) is 0 Å². The van der Waals surface area contributed by atoms with Crippen molar-refractivity contribution in [2.45, 2.75) is 50.8 Å². The molecule has 0 radical (unpaired) electrons. The van der Waals surface area contributed by atoms with Crippen molar-refractivity contribution in [3.63, 3.8) is 0 Å². The van der Waals surface area contributed by atoms with Crippen molar-refractivity contribution < 1.29 is 8.42 Å². The molecule has 0 amide bonds. The summed E-state index contributed by atoms with van der Waals surface area (Å²) in [7, 11) is -3.17. The van der Waals surface area contributed by atoms with Crippen molar-refractivity contribution in [1.82, 2.24) is 4.31 Å². The largest absolute Gasteiger partial charge is 0.218 e. The summed E-state index contributed by atoms with van der Waals surface area (Å²) in [5.41, 5.74) is 2.00. The summed E-state index contributed by atoms with van der Waals surface area (Å²) in [6.07, 6.45) is 5.76. The fourth-order valence-corrected chi connectivity index (χ4v) is 5.44. The Balaban J connectivity index is 1.79. The van der Waals surface area contributed by atoms with E-state index in [-0.39, 0.29) is 11.8 Å². The van der Waals surface area contributed by atoms with Crippen LogP contribution in [0.4, 0.5) is 0 Å². The van der Waals surface area contributed by atoms with Gasteiger partial charge in [-0.15, -0.1) is 0 Å². The first-order valence-electron chi connectivity index (χ1n) is 7.62. The molecule has 0 N–H and O–H groups in total. The molecule has 1 saturated carbocycles. The predicted octanol–water partition coefficient (Wildman–Crippen LogP) is 3.09. The summed E-state index contributed by atoms with van der Waals surface area (Å²) in [6, 6.07) is 8.07. The first kappa shape index (κ1) is 14.1. The summed E-state index contributed by atoms with van der Waals surface area (Å²) in [6.45, 7) is 2.70. The smallest absolute Gasteiger partial charge is 0.212 e. The molecule has 3 nitrogen and oxygen atoms in total. The van der Waals surface area contributed by atoms with Gasteiger partial charge in [0.1, 0.15) is 0 Å². The van der Waals surface area contributed by atoms with Crippen LogP contribution in [0.15, 0.2) is 24.3 Å². The molecule has 0 aromatic heterocycles. The third kappa shape index (κ3) is 2.63. The Morgan fingerprint density at radius 3 is 2.55 bits per heavy atom. The molecule has 1 unspecified atom stereocenters. The minimum absolute atomic E-state index is 0.156. The number of hydrogen-bond donors (Lipinski definition) is 0. The highest BCUT2D eigenvalue weighted by Gasteiger charge is 2.40. The zero-order chi connectivity index (χ0) is 14.2. The van der Waals surface area contributed by atoms with E-state index in [1.54, 1.807) is 0 Å². The lowest BCUT2D eigenvalue weighted by atomic mass is 9.79. The molecule has 1 heterocycles. The van der Waals surface area contributed by atoms with Gasteiger partial charge >= 0.3 is 0 Å². The van der Waals surface area contributed by atoms with E-state index in [0.29, 0.717) is 5.92 Å². The quantitative estimate of drug-likeness (QED) is 0.855. The first-order chi connectivity index (χ1) is 9.58. The maximum atomic E-state index is 12.7. The Bertz CT molecular complexity index is 578. The van der Waals surface area contributed by atoms with Crippen molar-refractivity contribution in [2.75, 3.05) is 6.54 Å². The van der Waals surface area contributed by atoms with Crippen molar-refractivity contribution in [3.8, 4) is 0 Å². The molecular weight excluding hydrogens is 270 g/mol. The van der Waals surface area contributed by atoms with Gasteiger partial charge in [-0.3, -0.25) is 0 Å². The molecule has 1 aliphatic heterocycles. The molecule has 20 heavy (non-hydrogen) atoms.